The molecule has 0 saturated heterocycles. The number of aromatic nitrogens is 4. The van der Waals surface area contributed by atoms with Crippen LogP contribution < -0.4 is 10.3 Å². The second-order valence-electron chi connectivity index (χ2n) is 8.22. The summed E-state index contributed by atoms with van der Waals surface area (Å²) in [6.45, 7) is 3.56. The zero-order chi connectivity index (χ0) is 25.4. The quantitative estimate of drug-likeness (QED) is 0.355. The number of pyridine rings is 1. The van der Waals surface area contributed by atoms with E-state index in [1.165, 1.54) is 9.08 Å². The van der Waals surface area contributed by atoms with Gasteiger partial charge in [-0.3, -0.25) is 9.20 Å². The lowest BCUT2D eigenvalue weighted by Gasteiger charge is -2.12. The molecule has 0 fully saturated rings. The maximum absolute atomic E-state index is 14.4. The van der Waals surface area contributed by atoms with Crippen LogP contribution in [0.1, 0.15) is 22.5 Å². The molecule has 0 bridgehead atoms. The number of nitriles is 1. The fourth-order valence-corrected chi connectivity index (χ4v) is 4.03. The second-order valence-corrected chi connectivity index (χ2v) is 8.22. The van der Waals surface area contributed by atoms with Crippen LogP contribution in [0.25, 0.3) is 22.6 Å². The highest BCUT2D eigenvalue weighted by atomic mass is 19.1. The minimum Gasteiger partial charge on any atom is -0.485 e. The number of hydrogen-bond acceptors (Lipinski definition) is 5. The number of fused-ring (bicyclic) bond motifs is 1. The third-order valence-corrected chi connectivity index (χ3v) is 5.73. The Morgan fingerprint density at radius 3 is 2.69 bits per heavy atom. The monoisotopic (exact) mass is 483 g/mol. The first-order valence-electron chi connectivity index (χ1n) is 11.0. The van der Waals surface area contributed by atoms with E-state index in [0.717, 1.165) is 23.8 Å². The Hall–Kier alpha value is -4.84. The summed E-state index contributed by atoms with van der Waals surface area (Å²) in [5.74, 6) is -0.838. The second kappa shape index (κ2) is 9.07. The van der Waals surface area contributed by atoms with Crippen molar-refractivity contribution in [2.45, 2.75) is 20.5 Å². The molecule has 0 amide bonds. The highest BCUT2D eigenvalue weighted by Gasteiger charge is 2.19. The number of nitrogens with zero attached hydrogens (tertiary/aromatic N) is 5. The number of ether oxygens (including phenoxy) is 1. The molecular weight excluding hydrogens is 464 g/mol. The predicted octanol–water partition coefficient (Wildman–Crippen LogP) is 4.89. The molecule has 0 aliphatic rings. The van der Waals surface area contributed by atoms with Gasteiger partial charge in [0.05, 0.1) is 22.9 Å². The van der Waals surface area contributed by atoms with Crippen molar-refractivity contribution < 1.29 is 13.5 Å². The lowest BCUT2D eigenvalue weighted by molar-refractivity contribution is 0.308. The van der Waals surface area contributed by atoms with Gasteiger partial charge in [0.2, 0.25) is 0 Å². The predicted molar refractivity (Wildman–Crippen MR) is 129 cm³/mol. The lowest BCUT2D eigenvalue weighted by atomic mass is 10.1. The summed E-state index contributed by atoms with van der Waals surface area (Å²) in [4.78, 5) is 18.1. The number of halogens is 2. The average molecular weight is 483 g/mol. The smallest absolute Gasteiger partial charge is 0.267 e. The molecule has 0 spiro atoms. The van der Waals surface area contributed by atoms with E-state index in [4.69, 9.17) is 10.00 Å². The zero-order valence-electron chi connectivity index (χ0n) is 19.4. The van der Waals surface area contributed by atoms with E-state index in [9.17, 15) is 13.6 Å². The van der Waals surface area contributed by atoms with Crippen LogP contribution in [0.15, 0.2) is 71.7 Å². The van der Waals surface area contributed by atoms with Gasteiger partial charge in [-0.2, -0.15) is 10.4 Å². The summed E-state index contributed by atoms with van der Waals surface area (Å²) in [7, 11) is 0. The normalized spacial score (nSPS) is 11.0. The van der Waals surface area contributed by atoms with Crippen molar-refractivity contribution in [2.75, 3.05) is 0 Å². The van der Waals surface area contributed by atoms with Crippen molar-refractivity contribution in [3.63, 3.8) is 0 Å². The Balaban J connectivity index is 1.55. The Labute approximate surface area is 204 Å². The fourth-order valence-electron chi connectivity index (χ4n) is 4.03. The van der Waals surface area contributed by atoms with Crippen LogP contribution in [0.3, 0.4) is 0 Å². The van der Waals surface area contributed by atoms with Gasteiger partial charge in [0.25, 0.3) is 5.56 Å². The van der Waals surface area contributed by atoms with E-state index in [1.54, 1.807) is 56.4 Å². The van der Waals surface area contributed by atoms with Crippen molar-refractivity contribution in [3.8, 4) is 28.8 Å². The molecular formula is C27H19F2N5O2. The van der Waals surface area contributed by atoms with E-state index in [0.29, 0.717) is 34.0 Å². The zero-order valence-corrected chi connectivity index (χ0v) is 19.4. The molecule has 0 saturated carbocycles. The molecule has 9 heteroatoms. The summed E-state index contributed by atoms with van der Waals surface area (Å²) in [6, 6.07) is 17.3. The Morgan fingerprint density at radius 1 is 1.06 bits per heavy atom. The van der Waals surface area contributed by atoms with Crippen molar-refractivity contribution in [1.82, 2.24) is 19.2 Å². The van der Waals surface area contributed by atoms with Crippen molar-refractivity contribution >= 4 is 5.65 Å². The van der Waals surface area contributed by atoms with Crippen molar-refractivity contribution in [2.24, 2.45) is 0 Å². The maximum atomic E-state index is 14.4. The molecule has 178 valence electrons. The summed E-state index contributed by atoms with van der Waals surface area (Å²) >= 11 is 0. The number of aryl methyl sites for hydroxylation is 2. The SMILES string of the molecule is Cc1nc2c(OCc3cccc(C#N)c3)cccn2c(=O)c1-c1cc(C)n(-c2cc(F)ccc2F)n1. The van der Waals surface area contributed by atoms with Gasteiger partial charge in [-0.25, -0.2) is 18.4 Å². The van der Waals surface area contributed by atoms with Gasteiger partial charge in [0.15, 0.2) is 11.4 Å². The van der Waals surface area contributed by atoms with Crippen molar-refractivity contribution in [1.29, 1.82) is 5.26 Å². The molecule has 3 aromatic heterocycles. The first kappa shape index (κ1) is 22.9. The van der Waals surface area contributed by atoms with Crippen LogP contribution in [0.5, 0.6) is 5.75 Å². The minimum atomic E-state index is -0.638. The highest BCUT2D eigenvalue weighted by Crippen LogP contribution is 2.25. The average Bonchev–Trinajstić information content (AvgIpc) is 3.25. The van der Waals surface area contributed by atoms with Gasteiger partial charge in [0.1, 0.15) is 29.6 Å². The van der Waals surface area contributed by atoms with E-state index >= 15 is 0 Å². The molecule has 0 atom stereocenters. The third kappa shape index (κ3) is 4.09. The summed E-state index contributed by atoms with van der Waals surface area (Å²) in [6.07, 6.45) is 1.58. The van der Waals surface area contributed by atoms with Crippen LogP contribution in [-0.2, 0) is 6.61 Å². The van der Waals surface area contributed by atoms with Gasteiger partial charge in [0, 0.05) is 18.0 Å². The van der Waals surface area contributed by atoms with Crippen LogP contribution >= 0.6 is 0 Å². The van der Waals surface area contributed by atoms with Crippen LogP contribution in [-0.4, -0.2) is 19.2 Å². The van der Waals surface area contributed by atoms with Gasteiger partial charge in [-0.15, -0.1) is 0 Å². The topological polar surface area (TPSA) is 85.2 Å². The van der Waals surface area contributed by atoms with Crippen LogP contribution in [0.2, 0.25) is 0 Å². The Morgan fingerprint density at radius 2 is 1.89 bits per heavy atom. The Bertz CT molecular complexity index is 1730. The van der Waals surface area contributed by atoms with E-state index < -0.39 is 11.6 Å². The third-order valence-electron chi connectivity index (χ3n) is 5.73. The van der Waals surface area contributed by atoms with E-state index in [-0.39, 0.29) is 23.4 Å². The molecule has 5 aromatic rings. The fraction of sp³-hybridized carbons (Fsp3) is 0.111. The van der Waals surface area contributed by atoms with Gasteiger partial charge in [-0.1, -0.05) is 12.1 Å². The molecule has 0 aliphatic carbocycles. The molecule has 0 aliphatic heterocycles. The first-order chi connectivity index (χ1) is 17.4. The summed E-state index contributed by atoms with van der Waals surface area (Å²) < 4.78 is 36.7. The van der Waals surface area contributed by atoms with E-state index in [2.05, 4.69) is 16.2 Å². The summed E-state index contributed by atoms with van der Waals surface area (Å²) in [5, 5.41) is 13.5. The molecule has 0 unspecified atom stereocenters. The van der Waals surface area contributed by atoms with Crippen molar-refractivity contribution in [3.05, 3.63) is 111 Å². The highest BCUT2D eigenvalue weighted by molar-refractivity contribution is 5.65. The standard InChI is InChI=1S/C27H19F2N5O2/c1-16-11-22(32-34(16)23-13-20(28)8-9-21(23)29)25-17(2)31-26-24(7-4-10-33(26)27(25)35)36-15-19-6-3-5-18(12-19)14-30/h3-13H,15H2,1-2H3. The van der Waals surface area contributed by atoms with Crippen LogP contribution in [0.4, 0.5) is 8.78 Å². The number of hydrogen-bond donors (Lipinski definition) is 0. The molecule has 5 rings (SSSR count). The van der Waals surface area contributed by atoms with E-state index in [1.807, 2.05) is 6.07 Å². The van der Waals surface area contributed by atoms with Gasteiger partial charge < -0.3 is 4.74 Å². The molecule has 7 nitrogen and oxygen atoms in total. The summed E-state index contributed by atoms with van der Waals surface area (Å²) in [5.41, 5.74) is 2.69. The molecule has 0 N–H and O–H groups in total. The molecule has 2 aromatic carbocycles. The van der Waals surface area contributed by atoms with Gasteiger partial charge in [-0.05, 0) is 61.9 Å². The largest absolute Gasteiger partial charge is 0.485 e. The molecule has 0 radical (unpaired) electrons. The lowest BCUT2D eigenvalue weighted by Crippen LogP contribution is -2.19. The first-order valence-corrected chi connectivity index (χ1v) is 11.0. The molecule has 3 heterocycles. The number of benzene rings is 2. The molecule has 36 heavy (non-hydrogen) atoms. The van der Waals surface area contributed by atoms with Gasteiger partial charge >= 0.3 is 0 Å². The Kier molecular flexibility index (Phi) is 5.78. The maximum Gasteiger partial charge on any atom is 0.267 e. The minimum absolute atomic E-state index is 0.0543. The number of rotatable bonds is 5. The van der Waals surface area contributed by atoms with Crippen LogP contribution in [0, 0.1) is 36.8 Å².